The van der Waals surface area contributed by atoms with E-state index >= 15 is 0 Å². The molecule has 4 rings (SSSR count). The third-order valence-corrected chi connectivity index (χ3v) is 5.84. The highest BCUT2D eigenvalue weighted by Gasteiger charge is 2.33. The molecule has 1 aliphatic heterocycles. The summed E-state index contributed by atoms with van der Waals surface area (Å²) in [6.45, 7) is 8.82. The summed E-state index contributed by atoms with van der Waals surface area (Å²) in [5, 5.41) is 8.05. The molecule has 0 radical (unpaired) electrons. The summed E-state index contributed by atoms with van der Waals surface area (Å²) >= 11 is 5.62. The molecule has 0 aliphatic carbocycles. The molecule has 7 nitrogen and oxygen atoms in total. The van der Waals surface area contributed by atoms with Gasteiger partial charge in [0.15, 0.2) is 16.7 Å². The van der Waals surface area contributed by atoms with Crippen LogP contribution in [0, 0.1) is 5.82 Å². The van der Waals surface area contributed by atoms with Gasteiger partial charge in [-0.2, -0.15) is 4.98 Å². The Hall–Kier alpha value is -3.72. The molecular formula is C25H25FN4O3S. The van der Waals surface area contributed by atoms with Crippen LogP contribution in [0.1, 0.15) is 31.3 Å². The molecule has 0 fully saturated rings. The number of nitrogens with zero attached hydrogens (tertiary/aromatic N) is 3. The summed E-state index contributed by atoms with van der Waals surface area (Å²) < 4.78 is 30.5. The highest BCUT2D eigenvalue weighted by atomic mass is 32.1. The van der Waals surface area contributed by atoms with Crippen molar-refractivity contribution in [2.45, 2.75) is 19.9 Å². The fourth-order valence-electron chi connectivity index (χ4n) is 3.84. The molecule has 2 heterocycles. The Morgan fingerprint density at radius 1 is 1.26 bits per heavy atom. The van der Waals surface area contributed by atoms with Gasteiger partial charge in [-0.1, -0.05) is 23.4 Å². The molecule has 0 saturated carbocycles. The van der Waals surface area contributed by atoms with Gasteiger partial charge >= 0.3 is 0 Å². The van der Waals surface area contributed by atoms with Gasteiger partial charge in [-0.25, -0.2) is 4.39 Å². The molecule has 0 saturated heterocycles. The lowest BCUT2D eigenvalue weighted by atomic mass is 9.94. The third-order valence-electron chi connectivity index (χ3n) is 5.50. The molecule has 34 heavy (non-hydrogen) atoms. The maximum Gasteiger partial charge on any atom is 0.258 e. The van der Waals surface area contributed by atoms with E-state index in [0.717, 1.165) is 22.6 Å². The van der Waals surface area contributed by atoms with E-state index in [2.05, 4.69) is 22.0 Å². The first-order valence-corrected chi connectivity index (χ1v) is 11.2. The van der Waals surface area contributed by atoms with Gasteiger partial charge in [0.25, 0.3) is 5.89 Å². The van der Waals surface area contributed by atoms with Crippen molar-refractivity contribution in [3.63, 3.8) is 0 Å². The number of hydrogen-bond acceptors (Lipinski definition) is 6. The Morgan fingerprint density at radius 3 is 2.68 bits per heavy atom. The predicted octanol–water partition coefficient (Wildman–Crippen LogP) is 5.13. The minimum absolute atomic E-state index is 0.145. The van der Waals surface area contributed by atoms with Crippen LogP contribution in [0.3, 0.4) is 0 Å². The van der Waals surface area contributed by atoms with Gasteiger partial charge in [0.1, 0.15) is 5.75 Å². The lowest BCUT2D eigenvalue weighted by Gasteiger charge is -2.36. The molecule has 1 atom stereocenters. The first-order valence-electron chi connectivity index (χ1n) is 10.8. The number of thiocarbonyl (C=S) groups is 1. The van der Waals surface area contributed by atoms with Gasteiger partial charge < -0.3 is 24.2 Å². The molecule has 0 amide bonds. The molecule has 9 heteroatoms. The fourth-order valence-corrected chi connectivity index (χ4v) is 4.17. The molecule has 1 aromatic heterocycles. The average Bonchev–Trinajstić information content (AvgIpc) is 3.32. The summed E-state index contributed by atoms with van der Waals surface area (Å²) in [5.41, 5.74) is 3.06. The van der Waals surface area contributed by atoms with Crippen LogP contribution in [0.25, 0.3) is 17.0 Å². The van der Waals surface area contributed by atoms with E-state index in [9.17, 15) is 4.39 Å². The van der Waals surface area contributed by atoms with E-state index in [1.807, 2.05) is 43.0 Å². The number of benzene rings is 2. The van der Waals surface area contributed by atoms with E-state index in [4.69, 9.17) is 26.2 Å². The predicted molar refractivity (Wildman–Crippen MR) is 132 cm³/mol. The zero-order valence-corrected chi connectivity index (χ0v) is 20.0. The van der Waals surface area contributed by atoms with Crippen molar-refractivity contribution >= 4 is 22.9 Å². The van der Waals surface area contributed by atoms with Gasteiger partial charge in [-0.05, 0) is 62.0 Å². The smallest absolute Gasteiger partial charge is 0.258 e. The Kier molecular flexibility index (Phi) is 6.93. The topological polar surface area (TPSA) is 72.7 Å². The van der Waals surface area contributed by atoms with E-state index in [1.165, 1.54) is 19.2 Å². The highest BCUT2D eigenvalue weighted by Crippen LogP contribution is 2.38. The van der Waals surface area contributed by atoms with Crippen LogP contribution in [-0.4, -0.2) is 40.4 Å². The normalized spacial score (nSPS) is 15.8. The molecule has 2 aromatic carbocycles. The van der Waals surface area contributed by atoms with Crippen LogP contribution < -0.4 is 14.8 Å². The van der Waals surface area contributed by atoms with Gasteiger partial charge in [-0.3, -0.25) is 0 Å². The van der Waals surface area contributed by atoms with E-state index < -0.39 is 5.82 Å². The highest BCUT2D eigenvalue weighted by molar-refractivity contribution is 7.80. The SMILES string of the molecule is C=CCN1C(=S)NC(c2ccc(OCC)cc2)C(c2nc(-c3ccc(OC)c(F)c3)no2)=C1C. The maximum absolute atomic E-state index is 14.2. The lowest BCUT2D eigenvalue weighted by molar-refractivity contribution is 0.340. The van der Waals surface area contributed by atoms with Gasteiger partial charge in [0, 0.05) is 17.8 Å². The molecule has 1 aliphatic rings. The lowest BCUT2D eigenvalue weighted by Crippen LogP contribution is -2.45. The first-order chi connectivity index (χ1) is 16.5. The van der Waals surface area contributed by atoms with Crippen LogP contribution in [0.2, 0.25) is 0 Å². The van der Waals surface area contributed by atoms with Crippen molar-refractivity contribution in [1.82, 2.24) is 20.4 Å². The molecular weight excluding hydrogens is 455 g/mol. The number of allylic oxidation sites excluding steroid dienone is 1. The quantitative estimate of drug-likeness (QED) is 0.351. The van der Waals surface area contributed by atoms with Crippen molar-refractivity contribution in [3.05, 3.63) is 78.1 Å². The number of halogens is 1. The number of aromatic nitrogens is 2. The second kappa shape index (κ2) is 10.0. The summed E-state index contributed by atoms with van der Waals surface area (Å²) in [7, 11) is 1.41. The summed E-state index contributed by atoms with van der Waals surface area (Å²) in [6, 6.07) is 12.0. The Bertz CT molecular complexity index is 1240. The molecule has 1 unspecified atom stereocenters. The minimum atomic E-state index is -0.504. The second-order valence-electron chi connectivity index (χ2n) is 7.56. The van der Waals surface area contributed by atoms with Crippen LogP contribution in [0.5, 0.6) is 11.5 Å². The second-order valence-corrected chi connectivity index (χ2v) is 7.94. The van der Waals surface area contributed by atoms with Crippen LogP contribution in [0.4, 0.5) is 4.39 Å². The van der Waals surface area contributed by atoms with Crippen LogP contribution >= 0.6 is 12.2 Å². The van der Waals surface area contributed by atoms with Crippen molar-refractivity contribution < 1.29 is 18.4 Å². The van der Waals surface area contributed by atoms with E-state index in [0.29, 0.717) is 29.7 Å². The molecule has 176 valence electrons. The van der Waals surface area contributed by atoms with Crippen LogP contribution in [-0.2, 0) is 0 Å². The Morgan fingerprint density at radius 2 is 2.03 bits per heavy atom. The largest absolute Gasteiger partial charge is 0.494 e. The molecule has 1 N–H and O–H groups in total. The molecule has 0 bridgehead atoms. The van der Waals surface area contributed by atoms with Crippen molar-refractivity contribution in [2.75, 3.05) is 20.3 Å². The van der Waals surface area contributed by atoms with E-state index in [1.54, 1.807) is 12.1 Å². The van der Waals surface area contributed by atoms with Gasteiger partial charge in [-0.15, -0.1) is 6.58 Å². The molecule has 3 aromatic rings. The Labute approximate surface area is 202 Å². The number of rotatable bonds is 8. The number of ether oxygens (including phenoxy) is 2. The zero-order valence-electron chi connectivity index (χ0n) is 19.2. The average molecular weight is 481 g/mol. The van der Waals surface area contributed by atoms with Crippen molar-refractivity contribution in [3.8, 4) is 22.9 Å². The fraction of sp³-hybridized carbons (Fsp3) is 0.240. The first kappa shape index (κ1) is 23.4. The summed E-state index contributed by atoms with van der Waals surface area (Å²) in [6.07, 6.45) is 1.77. The standard InChI is InChI=1S/C25H25FN4O3S/c1-5-13-30-15(3)21(22(27-25(30)34)16-7-10-18(11-8-16)32-6-2)24-28-23(29-33-24)17-9-12-20(31-4)19(26)14-17/h5,7-12,14,22H,1,6,13H2,2-4H3,(H,27,34). The van der Waals surface area contributed by atoms with Crippen molar-refractivity contribution in [2.24, 2.45) is 0 Å². The van der Waals surface area contributed by atoms with Crippen LogP contribution in [0.15, 0.2) is 65.3 Å². The van der Waals surface area contributed by atoms with Gasteiger partial charge in [0.2, 0.25) is 5.82 Å². The van der Waals surface area contributed by atoms with Gasteiger partial charge in [0.05, 0.1) is 25.3 Å². The Balaban J connectivity index is 1.77. The number of nitrogens with one attached hydrogen (secondary N) is 1. The number of methoxy groups -OCH3 is 1. The summed E-state index contributed by atoms with van der Waals surface area (Å²) in [5.74, 6) is 1.00. The number of hydrogen-bond donors (Lipinski definition) is 1. The monoisotopic (exact) mass is 480 g/mol. The zero-order chi connectivity index (χ0) is 24.2. The summed E-state index contributed by atoms with van der Waals surface area (Å²) in [4.78, 5) is 6.51. The third kappa shape index (κ3) is 4.51. The van der Waals surface area contributed by atoms with E-state index in [-0.39, 0.29) is 17.6 Å². The molecule has 0 spiro atoms. The minimum Gasteiger partial charge on any atom is -0.494 e. The van der Waals surface area contributed by atoms with Crippen molar-refractivity contribution in [1.29, 1.82) is 0 Å². The maximum atomic E-state index is 14.2.